The summed E-state index contributed by atoms with van der Waals surface area (Å²) in [4.78, 5) is 15.6. The largest absolute Gasteiger partial charge is 0.506 e. The second-order valence-corrected chi connectivity index (χ2v) is 8.38. The van der Waals surface area contributed by atoms with E-state index in [-0.39, 0.29) is 11.7 Å². The molecule has 0 aliphatic carbocycles. The van der Waals surface area contributed by atoms with Crippen molar-refractivity contribution in [3.63, 3.8) is 0 Å². The van der Waals surface area contributed by atoms with Gasteiger partial charge in [0.15, 0.2) is 5.13 Å². The number of aromatic hydroxyl groups is 1. The van der Waals surface area contributed by atoms with E-state index < -0.39 is 0 Å². The van der Waals surface area contributed by atoms with Gasteiger partial charge >= 0.3 is 0 Å². The molecule has 0 atom stereocenters. The zero-order valence-corrected chi connectivity index (χ0v) is 18.6. The van der Waals surface area contributed by atoms with Crippen molar-refractivity contribution in [3.8, 4) is 17.6 Å². The Morgan fingerprint density at radius 1 is 1.12 bits per heavy atom. The molecule has 1 aromatic heterocycles. The predicted molar refractivity (Wildman–Crippen MR) is 136 cm³/mol. The summed E-state index contributed by atoms with van der Waals surface area (Å²) in [7, 11) is 0. The van der Waals surface area contributed by atoms with Crippen molar-refractivity contribution in [2.45, 2.75) is 6.42 Å². The summed E-state index contributed by atoms with van der Waals surface area (Å²) in [6, 6.07) is 19.3. The van der Waals surface area contributed by atoms with Gasteiger partial charge in [0, 0.05) is 16.9 Å². The molecule has 6 nitrogen and oxygen atoms in total. The van der Waals surface area contributed by atoms with Gasteiger partial charge in [-0.15, -0.1) is 0 Å². The van der Waals surface area contributed by atoms with Crippen LogP contribution in [0.3, 0.4) is 0 Å². The zero-order valence-electron chi connectivity index (χ0n) is 17.8. The van der Waals surface area contributed by atoms with Crippen LogP contribution in [0.1, 0.15) is 16.7 Å². The molecule has 33 heavy (non-hydrogen) atoms. The molecule has 1 heterocycles. The molecule has 1 amide bonds. The number of nitrogens with zero attached hydrogens (tertiary/aromatic N) is 1. The first-order chi connectivity index (χ1) is 16.0. The van der Waals surface area contributed by atoms with E-state index in [9.17, 15) is 9.90 Å². The van der Waals surface area contributed by atoms with E-state index in [4.69, 9.17) is 5.73 Å². The molecular weight excluding hydrogens is 432 g/mol. The van der Waals surface area contributed by atoms with Crippen LogP contribution in [0, 0.1) is 11.8 Å². The van der Waals surface area contributed by atoms with Crippen LogP contribution in [0.15, 0.2) is 73.3 Å². The van der Waals surface area contributed by atoms with Crippen molar-refractivity contribution in [1.82, 2.24) is 4.98 Å². The Labute approximate surface area is 195 Å². The van der Waals surface area contributed by atoms with Crippen LogP contribution in [0.4, 0.5) is 16.5 Å². The van der Waals surface area contributed by atoms with Crippen LogP contribution in [-0.4, -0.2) is 22.5 Å². The summed E-state index contributed by atoms with van der Waals surface area (Å²) in [5.74, 6) is 6.00. The van der Waals surface area contributed by atoms with Crippen molar-refractivity contribution < 1.29 is 9.90 Å². The molecule has 164 valence electrons. The molecule has 0 spiro atoms. The molecular formula is C26H22N4O2S. The SMILES string of the molecule is C=CC(=O)Nc1cccc(Cc2cccc(NCC#Cc3cc(O)c4nc(N)sc4c3)c2)c1. The third kappa shape index (κ3) is 5.70. The quantitative estimate of drug-likeness (QED) is 0.249. The Morgan fingerprint density at radius 2 is 1.85 bits per heavy atom. The van der Waals surface area contributed by atoms with Crippen molar-refractivity contribution in [3.05, 3.63) is 90.0 Å². The number of nitrogen functional groups attached to an aromatic ring is 1. The maximum atomic E-state index is 11.5. The maximum Gasteiger partial charge on any atom is 0.247 e. The predicted octanol–water partition coefficient (Wildman–Crippen LogP) is 4.76. The average molecular weight is 455 g/mol. The number of phenolic OH excluding ortho intramolecular Hbond substituents is 1. The van der Waals surface area contributed by atoms with Crippen molar-refractivity contribution in [1.29, 1.82) is 0 Å². The van der Waals surface area contributed by atoms with Gasteiger partial charge in [-0.1, -0.05) is 54.0 Å². The van der Waals surface area contributed by atoms with Crippen molar-refractivity contribution >= 4 is 44.0 Å². The number of carbonyl (C=O) groups excluding carboxylic acids is 1. The maximum absolute atomic E-state index is 11.5. The molecule has 0 aliphatic rings. The van der Waals surface area contributed by atoms with Gasteiger partial charge in [0.25, 0.3) is 0 Å². The Hall–Kier alpha value is -4.28. The smallest absolute Gasteiger partial charge is 0.247 e. The monoisotopic (exact) mass is 454 g/mol. The molecule has 0 fully saturated rings. The Bertz CT molecular complexity index is 1400. The molecule has 4 aromatic rings. The Kier molecular flexibility index (Phi) is 6.58. The first-order valence-corrected chi connectivity index (χ1v) is 11.0. The van der Waals surface area contributed by atoms with Gasteiger partial charge in [-0.3, -0.25) is 4.79 Å². The number of nitrogens with two attached hydrogens (primary N) is 1. The first kappa shape index (κ1) is 21.9. The van der Waals surface area contributed by atoms with Gasteiger partial charge < -0.3 is 21.5 Å². The highest BCUT2D eigenvalue weighted by Crippen LogP contribution is 2.31. The van der Waals surface area contributed by atoms with Crippen LogP contribution in [0.25, 0.3) is 10.2 Å². The molecule has 5 N–H and O–H groups in total. The summed E-state index contributed by atoms with van der Waals surface area (Å²) < 4.78 is 0.811. The number of fused-ring (bicyclic) bond motifs is 1. The Morgan fingerprint density at radius 3 is 2.61 bits per heavy atom. The molecule has 0 radical (unpaired) electrons. The summed E-state index contributed by atoms with van der Waals surface area (Å²) in [5.41, 5.74) is 10.9. The number of hydrogen-bond acceptors (Lipinski definition) is 6. The lowest BCUT2D eigenvalue weighted by molar-refractivity contribution is -0.111. The first-order valence-electron chi connectivity index (χ1n) is 10.2. The minimum absolute atomic E-state index is 0.0820. The molecule has 3 aromatic carbocycles. The Balaban J connectivity index is 1.39. The number of thiazole rings is 1. The van der Waals surface area contributed by atoms with Gasteiger partial charge in [0.1, 0.15) is 11.3 Å². The number of anilines is 3. The number of nitrogens with one attached hydrogen (secondary N) is 2. The van der Waals surface area contributed by atoms with Crippen molar-refractivity contribution in [2.75, 3.05) is 22.9 Å². The third-order valence-electron chi connectivity index (χ3n) is 4.82. The fourth-order valence-corrected chi connectivity index (χ4v) is 4.17. The normalized spacial score (nSPS) is 10.3. The number of benzene rings is 3. The van der Waals surface area contributed by atoms with E-state index in [1.165, 1.54) is 17.4 Å². The van der Waals surface area contributed by atoms with E-state index in [1.54, 1.807) is 6.07 Å². The fraction of sp³-hybridized carbons (Fsp3) is 0.0769. The van der Waals surface area contributed by atoms with E-state index in [0.717, 1.165) is 33.6 Å². The van der Waals surface area contributed by atoms with E-state index >= 15 is 0 Å². The van der Waals surface area contributed by atoms with Crippen LogP contribution >= 0.6 is 11.3 Å². The molecule has 0 aliphatic heterocycles. The molecule has 7 heteroatoms. The van der Waals surface area contributed by atoms with E-state index in [0.29, 0.717) is 22.8 Å². The van der Waals surface area contributed by atoms with E-state index in [2.05, 4.69) is 46.2 Å². The topological polar surface area (TPSA) is 100 Å². The average Bonchev–Trinajstić information content (AvgIpc) is 3.18. The summed E-state index contributed by atoms with van der Waals surface area (Å²) in [5, 5.41) is 16.6. The lowest BCUT2D eigenvalue weighted by atomic mass is 10.0. The van der Waals surface area contributed by atoms with Gasteiger partial charge in [-0.05, 0) is 60.0 Å². The van der Waals surface area contributed by atoms with Crippen LogP contribution in [0.2, 0.25) is 0 Å². The van der Waals surface area contributed by atoms with E-state index in [1.807, 2.05) is 42.5 Å². The second kappa shape index (κ2) is 9.90. The number of rotatable bonds is 6. The highest BCUT2D eigenvalue weighted by Gasteiger charge is 2.07. The van der Waals surface area contributed by atoms with Crippen LogP contribution < -0.4 is 16.4 Å². The number of hydrogen-bond donors (Lipinski definition) is 4. The van der Waals surface area contributed by atoms with Gasteiger partial charge in [-0.25, -0.2) is 4.98 Å². The summed E-state index contributed by atoms with van der Waals surface area (Å²) >= 11 is 1.32. The molecule has 4 rings (SSSR count). The third-order valence-corrected chi connectivity index (χ3v) is 5.65. The molecule has 0 saturated heterocycles. The number of aromatic nitrogens is 1. The highest BCUT2D eigenvalue weighted by molar-refractivity contribution is 7.22. The summed E-state index contributed by atoms with van der Waals surface area (Å²) in [6.45, 7) is 3.93. The number of phenols is 1. The minimum atomic E-state index is -0.231. The number of carbonyl (C=O) groups is 1. The number of amides is 1. The standard InChI is InChI=1S/C26H22N4O2S/c1-2-24(32)29-21-10-4-7-18(14-21)12-17-6-3-9-20(13-17)28-11-5-8-19-15-22(31)25-23(16-19)33-26(27)30-25/h2-4,6-7,9-10,13-16,28,31H,1,11-12H2,(H2,27,30)(H,29,32). The van der Waals surface area contributed by atoms with Gasteiger partial charge in [0.2, 0.25) is 5.91 Å². The molecule has 0 saturated carbocycles. The van der Waals surface area contributed by atoms with Crippen LogP contribution in [-0.2, 0) is 11.2 Å². The van der Waals surface area contributed by atoms with Gasteiger partial charge in [-0.2, -0.15) is 0 Å². The lowest BCUT2D eigenvalue weighted by Gasteiger charge is -2.08. The second-order valence-electron chi connectivity index (χ2n) is 7.32. The van der Waals surface area contributed by atoms with Gasteiger partial charge in [0.05, 0.1) is 11.2 Å². The van der Waals surface area contributed by atoms with Crippen LogP contribution in [0.5, 0.6) is 5.75 Å². The lowest BCUT2D eigenvalue weighted by Crippen LogP contribution is -2.07. The fourth-order valence-electron chi connectivity index (χ4n) is 3.37. The van der Waals surface area contributed by atoms with Crippen molar-refractivity contribution in [2.24, 2.45) is 0 Å². The minimum Gasteiger partial charge on any atom is -0.506 e. The molecule has 0 bridgehead atoms. The highest BCUT2D eigenvalue weighted by atomic mass is 32.1. The zero-order chi connectivity index (χ0) is 23.2. The molecule has 0 unspecified atom stereocenters. The summed E-state index contributed by atoms with van der Waals surface area (Å²) in [6.07, 6.45) is 1.98.